The maximum Gasteiger partial charge on any atom is 0.329 e. The molecule has 0 saturated heterocycles. The molecule has 1 aromatic heterocycles. The van der Waals surface area contributed by atoms with Gasteiger partial charge in [0.25, 0.3) is 0 Å². The number of nitrogens with two attached hydrogens (primary N) is 1. The third-order valence-corrected chi connectivity index (χ3v) is 3.18. The first-order chi connectivity index (χ1) is 12.0. The Bertz CT molecular complexity index is 958. The second-order valence-electron chi connectivity index (χ2n) is 5.02. The normalized spacial score (nSPS) is 10.4. The Morgan fingerprint density at radius 2 is 1.84 bits per heavy atom. The molecule has 124 valence electrons. The van der Waals surface area contributed by atoms with Crippen molar-refractivity contribution in [1.29, 1.82) is 5.26 Å². The van der Waals surface area contributed by atoms with Gasteiger partial charge < -0.3 is 15.9 Å². The van der Waals surface area contributed by atoms with Crippen LogP contribution >= 0.6 is 0 Å². The lowest BCUT2D eigenvalue weighted by Gasteiger charge is -1.97. The number of nitrogens with zero attached hydrogens (tertiary/aromatic N) is 2. The molecule has 6 nitrogen and oxygen atoms in total. The van der Waals surface area contributed by atoms with E-state index in [1.165, 1.54) is 24.3 Å². The van der Waals surface area contributed by atoms with E-state index in [1.54, 1.807) is 12.3 Å². The fraction of sp³-hybridized carbons (Fsp3) is 0. The van der Waals surface area contributed by atoms with E-state index < -0.39 is 5.97 Å². The molecular formula is C19H15N3O3. The number of benzene rings is 2. The van der Waals surface area contributed by atoms with Gasteiger partial charge in [-0.05, 0) is 42.0 Å². The van der Waals surface area contributed by atoms with Crippen molar-refractivity contribution in [2.45, 2.75) is 0 Å². The van der Waals surface area contributed by atoms with Crippen molar-refractivity contribution in [3.8, 4) is 11.8 Å². The first-order valence-electron chi connectivity index (χ1n) is 7.24. The van der Waals surface area contributed by atoms with Crippen molar-refractivity contribution in [2.75, 3.05) is 5.73 Å². The number of pyridine rings is 1. The summed E-state index contributed by atoms with van der Waals surface area (Å²) in [5, 5.41) is 27.2. The summed E-state index contributed by atoms with van der Waals surface area (Å²) in [5.74, 6) is -1.10. The highest BCUT2D eigenvalue weighted by molar-refractivity contribution is 5.94. The number of para-hydroxylation sites is 1. The number of aromatic hydroxyl groups is 1. The number of nitrogen functional groups attached to an aromatic ring is 1. The average molecular weight is 333 g/mol. The minimum Gasteiger partial charge on any atom is -0.508 e. The summed E-state index contributed by atoms with van der Waals surface area (Å²) >= 11 is 0. The third-order valence-electron chi connectivity index (χ3n) is 3.18. The highest BCUT2D eigenvalue weighted by Gasteiger charge is 2.02. The van der Waals surface area contributed by atoms with Gasteiger partial charge in [-0.15, -0.1) is 0 Å². The van der Waals surface area contributed by atoms with Crippen molar-refractivity contribution in [3.05, 3.63) is 72.4 Å². The van der Waals surface area contributed by atoms with Gasteiger partial charge in [0.2, 0.25) is 0 Å². The van der Waals surface area contributed by atoms with Crippen LogP contribution in [0.4, 0.5) is 5.69 Å². The lowest BCUT2D eigenvalue weighted by atomic mass is 10.1. The average Bonchev–Trinajstić information content (AvgIpc) is 2.61. The molecule has 4 N–H and O–H groups in total. The molecule has 0 atom stereocenters. The first kappa shape index (κ1) is 17.5. The van der Waals surface area contributed by atoms with Gasteiger partial charge in [0, 0.05) is 11.5 Å². The molecule has 0 bridgehead atoms. The smallest absolute Gasteiger partial charge is 0.329 e. The molecule has 0 unspecified atom stereocenters. The second kappa shape index (κ2) is 8.13. The summed E-state index contributed by atoms with van der Waals surface area (Å²) in [6.07, 6.45) is 2.49. The Morgan fingerprint density at radius 3 is 2.48 bits per heavy atom. The quantitative estimate of drug-likeness (QED) is 0.489. The molecule has 0 aliphatic heterocycles. The monoisotopic (exact) mass is 333 g/mol. The van der Waals surface area contributed by atoms with Gasteiger partial charge in [0.1, 0.15) is 11.8 Å². The Balaban J connectivity index is 0.000000185. The molecule has 25 heavy (non-hydrogen) atoms. The number of carboxylic acids is 1. The first-order valence-corrected chi connectivity index (χ1v) is 7.24. The fourth-order valence-electron chi connectivity index (χ4n) is 2.03. The SMILES string of the molecule is N#CC(=CC(=O)O)c1ccc(O)cc1.Nc1cnc2ccccc2c1. The third kappa shape index (κ3) is 5.08. The van der Waals surface area contributed by atoms with Gasteiger partial charge in [-0.3, -0.25) is 4.98 Å². The summed E-state index contributed by atoms with van der Waals surface area (Å²) in [4.78, 5) is 14.5. The molecule has 3 rings (SSSR count). The molecule has 0 aliphatic rings. The number of allylic oxidation sites excluding steroid dienone is 1. The highest BCUT2D eigenvalue weighted by Crippen LogP contribution is 2.17. The number of phenols is 1. The summed E-state index contributed by atoms with van der Waals surface area (Å²) < 4.78 is 0. The molecule has 3 aromatic rings. The number of aromatic nitrogens is 1. The Kier molecular flexibility index (Phi) is 5.69. The number of fused-ring (bicyclic) bond motifs is 1. The summed E-state index contributed by atoms with van der Waals surface area (Å²) in [6, 6.07) is 17.3. The van der Waals surface area contributed by atoms with Crippen molar-refractivity contribution >= 4 is 28.1 Å². The molecule has 0 aliphatic carbocycles. The van der Waals surface area contributed by atoms with Gasteiger partial charge >= 0.3 is 5.97 Å². The number of aliphatic carboxylic acids is 1. The lowest BCUT2D eigenvalue weighted by molar-refractivity contribution is -0.131. The number of phenolic OH excluding ortho intramolecular Hbond substituents is 1. The lowest BCUT2D eigenvalue weighted by Crippen LogP contribution is -1.90. The maximum absolute atomic E-state index is 10.3. The predicted molar refractivity (Wildman–Crippen MR) is 95.5 cm³/mol. The Morgan fingerprint density at radius 1 is 1.16 bits per heavy atom. The Labute approximate surface area is 144 Å². The standard InChI is InChI=1S/C10H7NO3.C9H8N2/c11-6-8(5-10(13)14)7-1-3-9(12)4-2-7;10-8-5-7-3-1-2-4-9(7)11-6-8/h1-5,12H,(H,13,14);1-6H,10H2. The topological polar surface area (TPSA) is 120 Å². The number of rotatable bonds is 2. The maximum atomic E-state index is 10.3. The molecule has 1 heterocycles. The van der Waals surface area contributed by atoms with Crippen molar-refractivity contribution in [3.63, 3.8) is 0 Å². The zero-order valence-electron chi connectivity index (χ0n) is 13.1. The van der Waals surface area contributed by atoms with E-state index in [1.807, 2.05) is 30.3 Å². The van der Waals surface area contributed by atoms with Gasteiger partial charge in [-0.1, -0.05) is 18.2 Å². The zero-order chi connectivity index (χ0) is 18.2. The summed E-state index contributed by atoms with van der Waals surface area (Å²) in [5.41, 5.74) is 7.78. The van der Waals surface area contributed by atoms with Gasteiger partial charge in [0.15, 0.2) is 0 Å². The minimum absolute atomic E-state index is 0.0532. The second-order valence-corrected chi connectivity index (χ2v) is 5.02. The number of hydrogen-bond acceptors (Lipinski definition) is 5. The largest absolute Gasteiger partial charge is 0.508 e. The zero-order valence-corrected chi connectivity index (χ0v) is 13.1. The number of anilines is 1. The van der Waals surface area contributed by atoms with E-state index >= 15 is 0 Å². The predicted octanol–water partition coefficient (Wildman–Crippen LogP) is 3.20. The van der Waals surface area contributed by atoms with E-state index in [4.69, 9.17) is 21.2 Å². The van der Waals surface area contributed by atoms with E-state index in [2.05, 4.69) is 4.98 Å². The van der Waals surface area contributed by atoms with Crippen LogP contribution in [0, 0.1) is 11.3 Å². The molecule has 6 heteroatoms. The molecule has 0 saturated carbocycles. The molecule has 0 radical (unpaired) electrons. The fourth-order valence-corrected chi connectivity index (χ4v) is 2.03. The van der Waals surface area contributed by atoms with E-state index in [0.29, 0.717) is 11.3 Å². The van der Waals surface area contributed by atoms with Crippen LogP contribution < -0.4 is 5.73 Å². The van der Waals surface area contributed by atoms with Gasteiger partial charge in [-0.25, -0.2) is 4.79 Å². The number of carboxylic acid groups (broad SMARTS) is 1. The van der Waals surface area contributed by atoms with Crippen LogP contribution in [0.15, 0.2) is 66.9 Å². The van der Waals surface area contributed by atoms with Gasteiger partial charge in [-0.2, -0.15) is 5.26 Å². The van der Waals surface area contributed by atoms with Crippen LogP contribution in [0.1, 0.15) is 5.56 Å². The molecule has 0 fully saturated rings. The number of nitriles is 1. The number of hydrogen-bond donors (Lipinski definition) is 3. The summed E-state index contributed by atoms with van der Waals surface area (Å²) in [6.45, 7) is 0. The van der Waals surface area contributed by atoms with Crippen LogP contribution in [-0.4, -0.2) is 21.2 Å². The van der Waals surface area contributed by atoms with E-state index in [-0.39, 0.29) is 11.3 Å². The minimum atomic E-state index is -1.17. The van der Waals surface area contributed by atoms with Crippen LogP contribution in [0.2, 0.25) is 0 Å². The van der Waals surface area contributed by atoms with Crippen LogP contribution in [-0.2, 0) is 4.79 Å². The van der Waals surface area contributed by atoms with Gasteiger partial charge in [0.05, 0.1) is 23.0 Å². The molecule has 0 amide bonds. The van der Waals surface area contributed by atoms with Crippen molar-refractivity contribution in [2.24, 2.45) is 0 Å². The molecule has 2 aromatic carbocycles. The highest BCUT2D eigenvalue weighted by atomic mass is 16.4. The summed E-state index contributed by atoms with van der Waals surface area (Å²) in [7, 11) is 0. The Hall–Kier alpha value is -3.85. The number of carbonyl (C=O) groups is 1. The van der Waals surface area contributed by atoms with Crippen LogP contribution in [0.3, 0.4) is 0 Å². The van der Waals surface area contributed by atoms with Crippen LogP contribution in [0.25, 0.3) is 16.5 Å². The van der Waals surface area contributed by atoms with E-state index in [0.717, 1.165) is 17.0 Å². The van der Waals surface area contributed by atoms with Crippen molar-refractivity contribution in [1.82, 2.24) is 4.98 Å². The van der Waals surface area contributed by atoms with E-state index in [9.17, 15) is 4.79 Å². The molecule has 0 spiro atoms. The van der Waals surface area contributed by atoms with Crippen LogP contribution in [0.5, 0.6) is 5.75 Å². The van der Waals surface area contributed by atoms with Crippen molar-refractivity contribution < 1.29 is 15.0 Å². The molecular weight excluding hydrogens is 318 g/mol.